The molecule has 0 radical (unpaired) electrons. The molecule has 1 N–H and O–H groups in total. The van der Waals surface area contributed by atoms with E-state index in [2.05, 4.69) is 24.1 Å². The van der Waals surface area contributed by atoms with Crippen LogP contribution in [-0.4, -0.2) is 56.8 Å². The number of hydrogen-bond acceptors (Lipinski definition) is 4. The van der Waals surface area contributed by atoms with E-state index in [1.807, 2.05) is 37.4 Å². The summed E-state index contributed by atoms with van der Waals surface area (Å²) in [5.74, 6) is 0.140. The van der Waals surface area contributed by atoms with Gasteiger partial charge in [-0.1, -0.05) is 50.2 Å². The number of sulfonamides is 1. The molecule has 1 heterocycles. The minimum absolute atomic E-state index is 0.132. The zero-order valence-corrected chi connectivity index (χ0v) is 19.7. The Hall–Kier alpha value is -2.22. The minimum Gasteiger partial charge on any atom is -0.345 e. The first kappa shape index (κ1) is 23.4. The molecular formula is C24H33N3O3S. The molecule has 1 fully saturated rings. The van der Waals surface area contributed by atoms with Crippen molar-refractivity contribution in [1.82, 2.24) is 14.5 Å². The largest absolute Gasteiger partial charge is 0.345 e. The van der Waals surface area contributed by atoms with Crippen LogP contribution in [0.2, 0.25) is 0 Å². The third kappa shape index (κ3) is 5.73. The number of likely N-dealkylation sites (N-methyl/N-ethyl adjacent to an activating group) is 1. The monoisotopic (exact) mass is 443 g/mol. The zero-order chi connectivity index (χ0) is 22.6. The average Bonchev–Trinajstić information content (AvgIpc) is 2.74. The van der Waals surface area contributed by atoms with Crippen LogP contribution in [0.4, 0.5) is 0 Å². The third-order valence-electron chi connectivity index (χ3n) is 5.74. The average molecular weight is 444 g/mol. The number of aryl methyl sites for hydroxylation is 1. The van der Waals surface area contributed by atoms with Crippen molar-refractivity contribution in [3.8, 4) is 0 Å². The Kier molecular flexibility index (Phi) is 7.51. The van der Waals surface area contributed by atoms with Gasteiger partial charge in [0.1, 0.15) is 0 Å². The lowest BCUT2D eigenvalue weighted by molar-refractivity contribution is 0.0931. The molecule has 2 aromatic rings. The number of rotatable bonds is 7. The Labute approximate surface area is 186 Å². The van der Waals surface area contributed by atoms with Gasteiger partial charge < -0.3 is 10.2 Å². The van der Waals surface area contributed by atoms with Crippen LogP contribution in [-0.2, 0) is 10.0 Å². The van der Waals surface area contributed by atoms with Gasteiger partial charge in [0.15, 0.2) is 0 Å². The predicted molar refractivity (Wildman–Crippen MR) is 124 cm³/mol. The van der Waals surface area contributed by atoms with Gasteiger partial charge in [0.25, 0.3) is 5.91 Å². The van der Waals surface area contributed by atoms with Crippen molar-refractivity contribution in [3.05, 3.63) is 65.2 Å². The molecule has 1 atom stereocenters. The maximum atomic E-state index is 13.3. The van der Waals surface area contributed by atoms with Crippen LogP contribution in [0.5, 0.6) is 0 Å². The van der Waals surface area contributed by atoms with Gasteiger partial charge in [-0.15, -0.1) is 0 Å². The molecule has 1 aliphatic rings. The van der Waals surface area contributed by atoms with E-state index in [1.165, 1.54) is 10.4 Å². The Bertz CT molecular complexity index is 998. The number of piperazine rings is 1. The highest BCUT2D eigenvalue weighted by Crippen LogP contribution is 2.25. The van der Waals surface area contributed by atoms with Gasteiger partial charge in [-0.3, -0.25) is 4.79 Å². The fourth-order valence-corrected chi connectivity index (χ4v) is 5.54. The van der Waals surface area contributed by atoms with Crippen LogP contribution in [0.3, 0.4) is 0 Å². The lowest BCUT2D eigenvalue weighted by Gasteiger charge is -2.32. The van der Waals surface area contributed by atoms with Crippen molar-refractivity contribution in [2.45, 2.75) is 38.1 Å². The standard InChI is InChI=1S/C24H33N3O3S/c1-18(2)16-22(20-8-6-5-7-9-20)25-24(28)21-11-10-19(3)23(17-21)31(29,30)27-14-12-26(4)13-15-27/h5-11,17-18,22H,12-16H2,1-4H3,(H,25,28)/t22-/m1/s1. The van der Waals surface area contributed by atoms with E-state index in [-0.39, 0.29) is 16.8 Å². The molecule has 1 aliphatic heterocycles. The van der Waals surface area contributed by atoms with Crippen molar-refractivity contribution < 1.29 is 13.2 Å². The second-order valence-corrected chi connectivity index (χ2v) is 10.7. The summed E-state index contributed by atoms with van der Waals surface area (Å²) in [5, 5.41) is 3.11. The predicted octanol–water partition coefficient (Wildman–Crippen LogP) is 3.45. The van der Waals surface area contributed by atoms with Gasteiger partial charge in [0.2, 0.25) is 10.0 Å². The molecule has 0 saturated carbocycles. The van der Waals surface area contributed by atoms with E-state index >= 15 is 0 Å². The molecule has 1 saturated heterocycles. The fourth-order valence-electron chi connectivity index (χ4n) is 3.86. The van der Waals surface area contributed by atoms with Gasteiger partial charge in [0, 0.05) is 31.7 Å². The lowest BCUT2D eigenvalue weighted by atomic mass is 9.96. The van der Waals surface area contributed by atoms with E-state index in [9.17, 15) is 13.2 Å². The number of carbonyl (C=O) groups is 1. The van der Waals surface area contributed by atoms with Gasteiger partial charge in [-0.05, 0) is 49.6 Å². The second-order valence-electron chi connectivity index (χ2n) is 8.75. The molecule has 0 spiro atoms. The first-order chi connectivity index (χ1) is 14.7. The fraction of sp³-hybridized carbons (Fsp3) is 0.458. The van der Waals surface area contributed by atoms with E-state index in [0.717, 1.165) is 12.0 Å². The highest BCUT2D eigenvalue weighted by Gasteiger charge is 2.29. The number of carbonyl (C=O) groups excluding carboxylic acids is 1. The van der Waals surface area contributed by atoms with Crippen LogP contribution < -0.4 is 5.32 Å². The topological polar surface area (TPSA) is 69.7 Å². The lowest BCUT2D eigenvalue weighted by Crippen LogP contribution is -2.47. The molecule has 0 aromatic heterocycles. The number of hydrogen-bond donors (Lipinski definition) is 1. The summed E-state index contributed by atoms with van der Waals surface area (Å²) in [7, 11) is -1.66. The molecule has 2 aromatic carbocycles. The van der Waals surface area contributed by atoms with Crippen molar-refractivity contribution in [2.75, 3.05) is 33.2 Å². The summed E-state index contributed by atoms with van der Waals surface area (Å²) in [6.07, 6.45) is 0.800. The van der Waals surface area contributed by atoms with Crippen LogP contribution in [0.25, 0.3) is 0 Å². The summed E-state index contributed by atoms with van der Waals surface area (Å²) in [6, 6.07) is 14.7. The minimum atomic E-state index is -3.65. The van der Waals surface area contributed by atoms with Crippen molar-refractivity contribution in [2.24, 2.45) is 5.92 Å². The summed E-state index contributed by atoms with van der Waals surface area (Å²) in [5.41, 5.74) is 2.06. The van der Waals surface area contributed by atoms with Crippen LogP contribution in [0, 0.1) is 12.8 Å². The quantitative estimate of drug-likeness (QED) is 0.712. The summed E-state index contributed by atoms with van der Waals surface area (Å²) >= 11 is 0. The SMILES string of the molecule is Cc1ccc(C(=O)N[C@H](CC(C)C)c2ccccc2)cc1S(=O)(=O)N1CCN(C)CC1. The Morgan fingerprint density at radius 3 is 2.29 bits per heavy atom. The summed E-state index contributed by atoms with van der Waals surface area (Å²) in [6.45, 7) is 8.33. The molecule has 7 heteroatoms. The smallest absolute Gasteiger partial charge is 0.251 e. The summed E-state index contributed by atoms with van der Waals surface area (Å²) in [4.78, 5) is 15.4. The maximum Gasteiger partial charge on any atom is 0.251 e. The van der Waals surface area contributed by atoms with Crippen LogP contribution >= 0.6 is 0 Å². The van der Waals surface area contributed by atoms with Crippen molar-refractivity contribution in [3.63, 3.8) is 0 Å². The van der Waals surface area contributed by atoms with E-state index in [4.69, 9.17) is 0 Å². The number of nitrogens with zero attached hydrogens (tertiary/aromatic N) is 2. The van der Waals surface area contributed by atoms with E-state index < -0.39 is 10.0 Å². The number of amides is 1. The molecule has 0 aliphatic carbocycles. The van der Waals surface area contributed by atoms with Gasteiger partial charge in [-0.25, -0.2) is 8.42 Å². The molecular weight excluding hydrogens is 410 g/mol. The van der Waals surface area contributed by atoms with E-state index in [1.54, 1.807) is 19.1 Å². The Morgan fingerprint density at radius 1 is 1.03 bits per heavy atom. The molecule has 3 rings (SSSR count). The first-order valence-electron chi connectivity index (χ1n) is 10.8. The first-order valence-corrected chi connectivity index (χ1v) is 12.3. The molecule has 0 bridgehead atoms. The number of benzene rings is 2. The van der Waals surface area contributed by atoms with Crippen LogP contribution in [0.15, 0.2) is 53.4 Å². The normalized spacial score (nSPS) is 16.9. The van der Waals surface area contributed by atoms with Gasteiger partial charge in [-0.2, -0.15) is 4.31 Å². The highest BCUT2D eigenvalue weighted by atomic mass is 32.2. The van der Waals surface area contributed by atoms with E-state index in [0.29, 0.717) is 43.2 Å². The van der Waals surface area contributed by atoms with Gasteiger partial charge in [0.05, 0.1) is 10.9 Å². The highest BCUT2D eigenvalue weighted by molar-refractivity contribution is 7.89. The van der Waals surface area contributed by atoms with Crippen LogP contribution in [0.1, 0.15) is 47.8 Å². The Balaban J connectivity index is 1.85. The van der Waals surface area contributed by atoms with Crippen molar-refractivity contribution >= 4 is 15.9 Å². The molecule has 0 unspecified atom stereocenters. The molecule has 6 nitrogen and oxygen atoms in total. The third-order valence-corrected chi connectivity index (χ3v) is 7.79. The Morgan fingerprint density at radius 2 is 1.68 bits per heavy atom. The maximum absolute atomic E-state index is 13.3. The second kappa shape index (κ2) is 9.94. The number of nitrogens with one attached hydrogen (secondary N) is 1. The molecule has 168 valence electrons. The van der Waals surface area contributed by atoms with Gasteiger partial charge >= 0.3 is 0 Å². The summed E-state index contributed by atoms with van der Waals surface area (Å²) < 4.78 is 28.0. The zero-order valence-electron chi connectivity index (χ0n) is 18.8. The van der Waals surface area contributed by atoms with Crippen molar-refractivity contribution in [1.29, 1.82) is 0 Å². The molecule has 1 amide bonds. The molecule has 31 heavy (non-hydrogen) atoms.